The van der Waals surface area contributed by atoms with Crippen LogP contribution in [0.3, 0.4) is 0 Å². The number of carbonyl (C=O) groups excluding carboxylic acids is 2. The third-order valence-corrected chi connectivity index (χ3v) is 4.80. The van der Waals surface area contributed by atoms with E-state index in [2.05, 4.69) is 10.4 Å². The number of rotatable bonds is 6. The number of para-hydroxylation sites is 1. The molecule has 3 aromatic rings. The summed E-state index contributed by atoms with van der Waals surface area (Å²) in [6.45, 7) is 5.54. The average Bonchev–Trinajstić information content (AvgIpc) is 3.02. The molecule has 0 aliphatic heterocycles. The Labute approximate surface area is 174 Å². The summed E-state index contributed by atoms with van der Waals surface area (Å²) in [7, 11) is 0. The second-order valence-corrected chi connectivity index (χ2v) is 7.11. The number of aromatic nitrogens is 2. The van der Waals surface area contributed by atoms with Gasteiger partial charge in [0.15, 0.2) is 6.10 Å². The van der Waals surface area contributed by atoms with Gasteiger partial charge in [-0.05, 0) is 38.5 Å². The van der Waals surface area contributed by atoms with Crippen LogP contribution < -0.4 is 5.32 Å². The van der Waals surface area contributed by atoms with Gasteiger partial charge in [0, 0.05) is 6.54 Å². The number of esters is 1. The summed E-state index contributed by atoms with van der Waals surface area (Å²) in [4.78, 5) is 24.9. The summed E-state index contributed by atoms with van der Waals surface area (Å²) in [6.07, 6.45) is -0.969. The van der Waals surface area contributed by atoms with E-state index >= 15 is 0 Å². The highest BCUT2D eigenvalue weighted by molar-refractivity contribution is 6.33. The van der Waals surface area contributed by atoms with Crippen LogP contribution in [0.4, 0.5) is 0 Å². The molecule has 0 radical (unpaired) electrons. The Morgan fingerprint density at radius 3 is 2.41 bits per heavy atom. The van der Waals surface area contributed by atoms with E-state index in [4.69, 9.17) is 16.3 Å². The van der Waals surface area contributed by atoms with Crippen LogP contribution in [0.15, 0.2) is 54.6 Å². The fourth-order valence-electron chi connectivity index (χ4n) is 2.78. The van der Waals surface area contributed by atoms with E-state index in [0.717, 1.165) is 16.8 Å². The summed E-state index contributed by atoms with van der Waals surface area (Å²) in [5, 5.41) is 7.23. The van der Waals surface area contributed by atoms with Crippen molar-refractivity contribution >= 4 is 23.5 Å². The monoisotopic (exact) mass is 411 g/mol. The first-order chi connectivity index (χ1) is 13.9. The Balaban J connectivity index is 1.65. The molecule has 0 fully saturated rings. The van der Waals surface area contributed by atoms with Gasteiger partial charge in [0.05, 0.1) is 11.4 Å². The predicted octanol–water partition coefficient (Wildman–Crippen LogP) is 4.00. The minimum absolute atomic E-state index is 0.144. The summed E-state index contributed by atoms with van der Waals surface area (Å²) in [5.74, 6) is -1.07. The first kappa shape index (κ1) is 20.6. The minimum Gasteiger partial charge on any atom is -0.449 e. The van der Waals surface area contributed by atoms with Gasteiger partial charge in [0.25, 0.3) is 5.91 Å². The van der Waals surface area contributed by atoms with Gasteiger partial charge in [0.2, 0.25) is 0 Å². The molecular weight excluding hydrogens is 390 g/mol. The molecule has 0 saturated carbocycles. The van der Waals surface area contributed by atoms with Crippen LogP contribution >= 0.6 is 11.6 Å². The first-order valence-electron chi connectivity index (χ1n) is 9.21. The zero-order valence-corrected chi connectivity index (χ0v) is 17.2. The summed E-state index contributed by atoms with van der Waals surface area (Å²) in [5.41, 5.74) is 3.41. The molecule has 0 bridgehead atoms. The molecule has 1 heterocycles. The number of halogens is 1. The van der Waals surface area contributed by atoms with E-state index in [9.17, 15) is 9.59 Å². The van der Waals surface area contributed by atoms with Crippen molar-refractivity contribution in [1.29, 1.82) is 0 Å². The standard InChI is InChI=1S/C22H22ClN3O3/c1-14-9-11-17(12-10-14)13-24-21(27)16(3)29-22(28)19-15(2)25-26(20(19)23)18-7-5-4-6-8-18/h4-12,16H,13H2,1-3H3,(H,24,27)/t16-/m0/s1. The fraction of sp³-hybridized carbons (Fsp3) is 0.227. The molecule has 0 unspecified atom stereocenters. The second kappa shape index (κ2) is 8.92. The van der Waals surface area contributed by atoms with Gasteiger partial charge < -0.3 is 10.1 Å². The Kier molecular flexibility index (Phi) is 6.34. The van der Waals surface area contributed by atoms with Crippen molar-refractivity contribution in [1.82, 2.24) is 15.1 Å². The lowest BCUT2D eigenvalue weighted by Crippen LogP contribution is -2.35. The van der Waals surface area contributed by atoms with Crippen molar-refractivity contribution in [3.63, 3.8) is 0 Å². The Morgan fingerprint density at radius 1 is 1.10 bits per heavy atom. The molecule has 29 heavy (non-hydrogen) atoms. The van der Waals surface area contributed by atoms with Crippen molar-refractivity contribution in [3.8, 4) is 5.69 Å². The van der Waals surface area contributed by atoms with Crippen LogP contribution in [0, 0.1) is 13.8 Å². The summed E-state index contributed by atoms with van der Waals surface area (Å²) >= 11 is 6.38. The van der Waals surface area contributed by atoms with Crippen molar-refractivity contribution < 1.29 is 14.3 Å². The maximum atomic E-state index is 12.6. The maximum absolute atomic E-state index is 12.6. The molecular formula is C22H22ClN3O3. The zero-order chi connectivity index (χ0) is 21.0. The van der Waals surface area contributed by atoms with Gasteiger partial charge in [0.1, 0.15) is 10.7 Å². The van der Waals surface area contributed by atoms with E-state index in [0.29, 0.717) is 12.2 Å². The quantitative estimate of drug-likeness (QED) is 0.622. The van der Waals surface area contributed by atoms with Crippen molar-refractivity contribution in [2.75, 3.05) is 0 Å². The van der Waals surface area contributed by atoms with Gasteiger partial charge in [-0.25, -0.2) is 9.48 Å². The van der Waals surface area contributed by atoms with Crippen LogP contribution in [-0.4, -0.2) is 27.8 Å². The maximum Gasteiger partial charge on any atom is 0.344 e. The number of amides is 1. The van der Waals surface area contributed by atoms with Gasteiger partial charge in [-0.1, -0.05) is 59.6 Å². The largest absolute Gasteiger partial charge is 0.449 e. The SMILES string of the molecule is Cc1ccc(CNC(=O)[C@H](C)OC(=O)c2c(C)nn(-c3ccccc3)c2Cl)cc1. The fourth-order valence-corrected chi connectivity index (χ4v) is 3.13. The lowest BCUT2D eigenvalue weighted by molar-refractivity contribution is -0.129. The molecule has 1 atom stereocenters. The molecule has 0 aliphatic carbocycles. The highest BCUT2D eigenvalue weighted by atomic mass is 35.5. The van der Waals surface area contributed by atoms with E-state index < -0.39 is 12.1 Å². The number of ether oxygens (including phenoxy) is 1. The molecule has 0 spiro atoms. The van der Waals surface area contributed by atoms with Crippen LogP contribution in [0.5, 0.6) is 0 Å². The summed E-state index contributed by atoms with van der Waals surface area (Å²) in [6, 6.07) is 17.0. The molecule has 150 valence electrons. The van der Waals surface area contributed by atoms with Crippen LogP contribution in [0.25, 0.3) is 5.69 Å². The molecule has 0 saturated heterocycles. The highest BCUT2D eigenvalue weighted by Crippen LogP contribution is 2.24. The number of aryl methyl sites for hydroxylation is 2. The van der Waals surface area contributed by atoms with Crippen LogP contribution in [-0.2, 0) is 16.1 Å². The third-order valence-electron chi connectivity index (χ3n) is 4.45. The van der Waals surface area contributed by atoms with Gasteiger partial charge in [-0.2, -0.15) is 5.10 Å². The number of hydrogen-bond acceptors (Lipinski definition) is 4. The van der Waals surface area contributed by atoms with Gasteiger partial charge in [-0.15, -0.1) is 0 Å². The molecule has 1 amide bonds. The van der Waals surface area contributed by atoms with E-state index in [-0.39, 0.29) is 16.6 Å². The summed E-state index contributed by atoms with van der Waals surface area (Å²) < 4.78 is 6.80. The van der Waals surface area contributed by atoms with Gasteiger partial charge in [-0.3, -0.25) is 4.79 Å². The smallest absolute Gasteiger partial charge is 0.344 e. The number of nitrogens with zero attached hydrogens (tertiary/aromatic N) is 2. The number of nitrogens with one attached hydrogen (secondary N) is 1. The molecule has 1 aromatic heterocycles. The van der Waals surface area contributed by atoms with Crippen molar-refractivity contribution in [2.45, 2.75) is 33.4 Å². The Bertz CT molecular complexity index is 1010. The van der Waals surface area contributed by atoms with E-state index in [1.165, 1.54) is 11.6 Å². The molecule has 0 aliphatic rings. The molecule has 3 rings (SSSR count). The first-order valence-corrected chi connectivity index (χ1v) is 9.59. The Morgan fingerprint density at radius 2 is 1.76 bits per heavy atom. The molecule has 7 heteroatoms. The molecule has 1 N–H and O–H groups in total. The van der Waals surface area contributed by atoms with Crippen LogP contribution in [0.1, 0.15) is 34.1 Å². The average molecular weight is 412 g/mol. The topological polar surface area (TPSA) is 73.2 Å². The lowest BCUT2D eigenvalue weighted by atomic mass is 10.1. The van der Waals surface area contributed by atoms with E-state index in [1.54, 1.807) is 6.92 Å². The molecule has 6 nitrogen and oxygen atoms in total. The second-order valence-electron chi connectivity index (χ2n) is 6.75. The highest BCUT2D eigenvalue weighted by Gasteiger charge is 2.26. The third kappa shape index (κ3) is 4.84. The number of carbonyl (C=O) groups is 2. The van der Waals surface area contributed by atoms with Crippen LogP contribution in [0.2, 0.25) is 5.15 Å². The van der Waals surface area contributed by atoms with Crippen molar-refractivity contribution in [3.05, 3.63) is 82.1 Å². The van der Waals surface area contributed by atoms with E-state index in [1.807, 2.05) is 61.5 Å². The predicted molar refractivity (Wildman–Crippen MR) is 111 cm³/mol. The normalized spacial score (nSPS) is 11.7. The van der Waals surface area contributed by atoms with Crippen molar-refractivity contribution in [2.24, 2.45) is 0 Å². The minimum atomic E-state index is -0.969. The number of benzene rings is 2. The lowest BCUT2D eigenvalue weighted by Gasteiger charge is -2.13. The number of hydrogen-bond donors (Lipinski definition) is 1. The molecule has 2 aromatic carbocycles. The Hall–Kier alpha value is -3.12. The zero-order valence-electron chi connectivity index (χ0n) is 16.5. The van der Waals surface area contributed by atoms with Gasteiger partial charge >= 0.3 is 5.97 Å².